The van der Waals surface area contributed by atoms with Crippen molar-refractivity contribution in [3.8, 4) is 0 Å². The lowest BCUT2D eigenvalue weighted by molar-refractivity contribution is 0.0151. The van der Waals surface area contributed by atoms with Crippen molar-refractivity contribution >= 4 is 11.6 Å². The molecule has 2 saturated heterocycles. The highest BCUT2D eigenvalue weighted by atomic mass is 16.2. The van der Waals surface area contributed by atoms with Crippen molar-refractivity contribution in [1.82, 2.24) is 14.8 Å². The smallest absolute Gasteiger partial charge is 0.256 e. The molecule has 2 aliphatic heterocycles. The lowest BCUT2D eigenvalue weighted by Crippen LogP contribution is -2.60. The van der Waals surface area contributed by atoms with E-state index in [1.54, 1.807) is 12.3 Å². The van der Waals surface area contributed by atoms with Crippen LogP contribution >= 0.6 is 0 Å². The van der Waals surface area contributed by atoms with Crippen LogP contribution in [0, 0.1) is 6.92 Å². The number of nitrogens with zero attached hydrogens (tertiary/aromatic N) is 3. The van der Waals surface area contributed by atoms with E-state index in [0.717, 1.165) is 18.8 Å². The van der Waals surface area contributed by atoms with Gasteiger partial charge in [0.1, 0.15) is 0 Å². The van der Waals surface area contributed by atoms with Crippen molar-refractivity contribution in [1.29, 1.82) is 0 Å². The van der Waals surface area contributed by atoms with Gasteiger partial charge < -0.3 is 10.6 Å². The molecule has 5 nitrogen and oxygen atoms in total. The first kappa shape index (κ1) is 14.3. The fourth-order valence-corrected chi connectivity index (χ4v) is 3.56. The number of hydrogen-bond acceptors (Lipinski definition) is 4. The molecule has 1 amide bonds. The van der Waals surface area contributed by atoms with E-state index < -0.39 is 0 Å². The third-order valence-corrected chi connectivity index (χ3v) is 4.79. The first-order valence-electron chi connectivity index (χ1n) is 7.83. The number of nitrogen functional groups attached to an aromatic ring is 1. The number of amides is 1. The predicted octanol–water partition coefficient (Wildman–Crippen LogP) is 1.67. The quantitative estimate of drug-likeness (QED) is 0.854. The molecule has 2 N–H and O–H groups in total. The number of piperazine rings is 1. The maximum absolute atomic E-state index is 12.9. The molecule has 2 aliphatic rings. The van der Waals surface area contributed by atoms with Gasteiger partial charge in [0, 0.05) is 25.2 Å². The molecular formula is C16H24N4O. The molecule has 2 fully saturated rings. The maximum Gasteiger partial charge on any atom is 0.256 e. The van der Waals surface area contributed by atoms with E-state index >= 15 is 0 Å². The fourth-order valence-electron chi connectivity index (χ4n) is 3.56. The molecule has 2 unspecified atom stereocenters. The summed E-state index contributed by atoms with van der Waals surface area (Å²) >= 11 is 0. The summed E-state index contributed by atoms with van der Waals surface area (Å²) in [6.45, 7) is 6.99. The minimum atomic E-state index is 0.0741. The Balaban J connectivity index is 1.82. The molecule has 5 heteroatoms. The number of rotatable bonds is 1. The average molecular weight is 288 g/mol. The zero-order valence-electron chi connectivity index (χ0n) is 12.9. The average Bonchev–Trinajstić information content (AvgIpc) is 2.48. The Morgan fingerprint density at radius 3 is 3.00 bits per heavy atom. The van der Waals surface area contributed by atoms with E-state index in [1.165, 1.54) is 25.8 Å². The van der Waals surface area contributed by atoms with Crippen LogP contribution in [-0.4, -0.2) is 52.4 Å². The lowest BCUT2D eigenvalue weighted by atomic mass is 9.96. The van der Waals surface area contributed by atoms with E-state index in [-0.39, 0.29) is 11.9 Å². The van der Waals surface area contributed by atoms with Crippen LogP contribution in [0.3, 0.4) is 0 Å². The van der Waals surface area contributed by atoms with E-state index in [9.17, 15) is 4.79 Å². The van der Waals surface area contributed by atoms with E-state index in [4.69, 9.17) is 5.73 Å². The molecule has 2 atom stereocenters. The highest BCUT2D eigenvalue weighted by Gasteiger charge is 2.35. The van der Waals surface area contributed by atoms with Crippen molar-refractivity contribution in [3.63, 3.8) is 0 Å². The Labute approximate surface area is 126 Å². The third-order valence-electron chi connectivity index (χ3n) is 4.79. The summed E-state index contributed by atoms with van der Waals surface area (Å²) in [4.78, 5) is 21.6. The molecule has 21 heavy (non-hydrogen) atoms. The number of anilines is 1. The standard InChI is InChI=1S/C16H24N4O/c1-11-9-19-6-4-3-5-14(19)10-20(11)16(21)15-7-13(17)8-18-12(15)2/h7-8,11,14H,3-6,9-10,17H2,1-2H3. The van der Waals surface area contributed by atoms with E-state index in [2.05, 4.69) is 16.8 Å². The lowest BCUT2D eigenvalue weighted by Gasteiger charge is -2.47. The van der Waals surface area contributed by atoms with Crippen molar-refractivity contribution in [2.75, 3.05) is 25.4 Å². The largest absolute Gasteiger partial charge is 0.397 e. The molecule has 0 aromatic carbocycles. The van der Waals surface area contributed by atoms with Crippen molar-refractivity contribution < 1.29 is 4.79 Å². The fraction of sp³-hybridized carbons (Fsp3) is 0.625. The Bertz CT molecular complexity index is 545. The molecule has 0 aliphatic carbocycles. The first-order chi connectivity index (χ1) is 10.1. The van der Waals surface area contributed by atoms with Crippen molar-refractivity contribution in [2.45, 2.75) is 45.2 Å². The molecular weight excluding hydrogens is 264 g/mol. The highest BCUT2D eigenvalue weighted by molar-refractivity contribution is 5.96. The van der Waals surface area contributed by atoms with Crippen LogP contribution in [0.25, 0.3) is 0 Å². The molecule has 1 aromatic heterocycles. The van der Waals surface area contributed by atoms with Gasteiger partial charge >= 0.3 is 0 Å². The molecule has 0 spiro atoms. The van der Waals surface area contributed by atoms with Crippen LogP contribution in [0.1, 0.15) is 42.2 Å². The maximum atomic E-state index is 12.9. The molecule has 0 bridgehead atoms. The van der Waals surface area contributed by atoms with Gasteiger partial charge in [0.25, 0.3) is 5.91 Å². The molecule has 1 aromatic rings. The topological polar surface area (TPSA) is 62.5 Å². The zero-order chi connectivity index (χ0) is 15.0. The number of aryl methyl sites for hydroxylation is 1. The summed E-state index contributed by atoms with van der Waals surface area (Å²) in [7, 11) is 0. The number of piperidine rings is 1. The number of nitrogens with two attached hydrogens (primary N) is 1. The Kier molecular flexibility index (Phi) is 3.85. The van der Waals surface area contributed by atoms with Gasteiger partial charge in [-0.05, 0) is 39.3 Å². The van der Waals surface area contributed by atoms with Gasteiger partial charge in [0.2, 0.25) is 0 Å². The van der Waals surface area contributed by atoms with Crippen LogP contribution in [-0.2, 0) is 0 Å². The van der Waals surface area contributed by atoms with Gasteiger partial charge in [0.15, 0.2) is 0 Å². The Morgan fingerprint density at radius 1 is 1.38 bits per heavy atom. The number of fused-ring (bicyclic) bond motifs is 1. The van der Waals surface area contributed by atoms with E-state index in [0.29, 0.717) is 17.3 Å². The number of hydrogen-bond donors (Lipinski definition) is 1. The van der Waals surface area contributed by atoms with Crippen molar-refractivity contribution in [3.05, 3.63) is 23.5 Å². The monoisotopic (exact) mass is 288 g/mol. The van der Waals surface area contributed by atoms with Gasteiger partial charge in [-0.15, -0.1) is 0 Å². The summed E-state index contributed by atoms with van der Waals surface area (Å²) in [5.74, 6) is 0.0741. The summed E-state index contributed by atoms with van der Waals surface area (Å²) in [5.41, 5.74) is 7.74. The van der Waals surface area contributed by atoms with Gasteiger partial charge in [0.05, 0.1) is 23.1 Å². The first-order valence-corrected chi connectivity index (χ1v) is 7.83. The predicted molar refractivity (Wildman–Crippen MR) is 83.1 cm³/mol. The van der Waals surface area contributed by atoms with Gasteiger partial charge in [-0.3, -0.25) is 14.7 Å². The number of carbonyl (C=O) groups is 1. The summed E-state index contributed by atoms with van der Waals surface area (Å²) in [5, 5.41) is 0. The van der Waals surface area contributed by atoms with Crippen LogP contribution in [0.5, 0.6) is 0 Å². The van der Waals surface area contributed by atoms with Gasteiger partial charge in [-0.25, -0.2) is 0 Å². The molecule has 0 radical (unpaired) electrons. The Morgan fingerprint density at radius 2 is 2.19 bits per heavy atom. The summed E-state index contributed by atoms with van der Waals surface area (Å²) < 4.78 is 0. The SMILES string of the molecule is Cc1ncc(N)cc1C(=O)N1CC2CCCCN2CC1C. The van der Waals surface area contributed by atoms with E-state index in [1.807, 2.05) is 11.8 Å². The zero-order valence-corrected chi connectivity index (χ0v) is 12.9. The van der Waals surface area contributed by atoms with Crippen LogP contribution in [0.15, 0.2) is 12.3 Å². The normalized spacial score (nSPS) is 26.5. The van der Waals surface area contributed by atoms with Gasteiger partial charge in [-0.2, -0.15) is 0 Å². The molecule has 0 saturated carbocycles. The molecule has 3 rings (SSSR count). The third kappa shape index (κ3) is 2.75. The summed E-state index contributed by atoms with van der Waals surface area (Å²) in [6, 6.07) is 2.52. The van der Waals surface area contributed by atoms with Crippen LogP contribution < -0.4 is 5.73 Å². The van der Waals surface area contributed by atoms with Crippen molar-refractivity contribution in [2.24, 2.45) is 0 Å². The Hall–Kier alpha value is -1.62. The second kappa shape index (κ2) is 5.64. The minimum absolute atomic E-state index is 0.0741. The van der Waals surface area contributed by atoms with Crippen LogP contribution in [0.2, 0.25) is 0 Å². The number of aromatic nitrogens is 1. The number of carbonyl (C=O) groups excluding carboxylic acids is 1. The second-order valence-electron chi connectivity index (χ2n) is 6.35. The summed E-state index contributed by atoms with van der Waals surface area (Å²) in [6.07, 6.45) is 5.37. The number of pyridine rings is 1. The molecule has 114 valence electrons. The highest BCUT2D eigenvalue weighted by Crippen LogP contribution is 2.25. The van der Waals surface area contributed by atoms with Gasteiger partial charge in [-0.1, -0.05) is 6.42 Å². The second-order valence-corrected chi connectivity index (χ2v) is 6.35. The minimum Gasteiger partial charge on any atom is -0.397 e. The van der Waals surface area contributed by atoms with Crippen LogP contribution in [0.4, 0.5) is 5.69 Å². The molecule has 3 heterocycles.